The number of aryl methyl sites for hydroxylation is 2. The first-order valence-electron chi connectivity index (χ1n) is 7.88. The molecule has 1 N–H and O–H groups in total. The zero-order valence-electron chi connectivity index (χ0n) is 12.3. The van der Waals surface area contributed by atoms with Crippen LogP contribution in [0, 0.1) is 0 Å². The third kappa shape index (κ3) is 3.65. The molecule has 1 fully saturated rings. The molecule has 1 atom stereocenters. The van der Waals surface area contributed by atoms with Crippen LogP contribution in [0.3, 0.4) is 0 Å². The Hall–Kier alpha value is -0.910. The second-order valence-electron chi connectivity index (χ2n) is 5.96. The molecule has 0 spiro atoms. The molecule has 0 amide bonds. The first kappa shape index (κ1) is 15.0. The van der Waals surface area contributed by atoms with Crippen LogP contribution in [0.15, 0.2) is 23.1 Å². The highest BCUT2D eigenvalue weighted by Crippen LogP contribution is 2.24. The third-order valence-electron chi connectivity index (χ3n) is 4.41. The largest absolute Gasteiger partial charge is 0.378 e. The van der Waals surface area contributed by atoms with Gasteiger partial charge in [-0.1, -0.05) is 6.07 Å². The highest BCUT2D eigenvalue weighted by Gasteiger charge is 2.19. The summed E-state index contributed by atoms with van der Waals surface area (Å²) < 4.78 is 32.9. The van der Waals surface area contributed by atoms with Gasteiger partial charge in [0.25, 0.3) is 0 Å². The molecule has 1 aliphatic heterocycles. The Balaban J connectivity index is 1.63. The molecule has 0 bridgehead atoms. The Bertz CT molecular complexity index is 592. The molecule has 1 aliphatic carbocycles. The molecule has 2 aliphatic rings. The topological polar surface area (TPSA) is 55.4 Å². The fourth-order valence-corrected chi connectivity index (χ4v) is 4.28. The maximum Gasteiger partial charge on any atom is 0.240 e. The van der Waals surface area contributed by atoms with E-state index < -0.39 is 10.0 Å². The van der Waals surface area contributed by atoms with E-state index in [-0.39, 0.29) is 6.10 Å². The Kier molecular flexibility index (Phi) is 4.62. The summed E-state index contributed by atoms with van der Waals surface area (Å²) in [5.74, 6) is 0. The van der Waals surface area contributed by atoms with Crippen molar-refractivity contribution in [3.05, 3.63) is 29.3 Å². The molecule has 5 heteroatoms. The van der Waals surface area contributed by atoms with E-state index in [0.717, 1.165) is 45.1 Å². The van der Waals surface area contributed by atoms with Crippen LogP contribution < -0.4 is 4.72 Å². The number of hydrogen-bond donors (Lipinski definition) is 1. The third-order valence-corrected chi connectivity index (χ3v) is 5.87. The summed E-state index contributed by atoms with van der Waals surface area (Å²) in [5, 5.41) is 0. The molecule has 116 valence electrons. The highest BCUT2D eigenvalue weighted by atomic mass is 32.2. The maximum absolute atomic E-state index is 12.3. The van der Waals surface area contributed by atoms with Gasteiger partial charge in [0.15, 0.2) is 0 Å². The average molecular weight is 309 g/mol. The summed E-state index contributed by atoms with van der Waals surface area (Å²) in [6.45, 7) is 1.26. The summed E-state index contributed by atoms with van der Waals surface area (Å²) >= 11 is 0. The lowest BCUT2D eigenvalue weighted by molar-refractivity contribution is 0.105. The van der Waals surface area contributed by atoms with E-state index >= 15 is 0 Å². The lowest BCUT2D eigenvalue weighted by Gasteiger charge is -2.17. The molecular weight excluding hydrogens is 286 g/mol. The molecule has 1 saturated heterocycles. The van der Waals surface area contributed by atoms with Crippen molar-refractivity contribution in [2.75, 3.05) is 13.2 Å². The van der Waals surface area contributed by atoms with Crippen LogP contribution in [-0.4, -0.2) is 27.7 Å². The van der Waals surface area contributed by atoms with Gasteiger partial charge in [-0.25, -0.2) is 13.1 Å². The van der Waals surface area contributed by atoms with Gasteiger partial charge in [0.2, 0.25) is 10.0 Å². The van der Waals surface area contributed by atoms with Crippen LogP contribution in [0.5, 0.6) is 0 Å². The standard InChI is InChI=1S/C16H23NO3S/c18-21(19,17-10-9-15-6-3-11-20-15)16-8-7-13-4-1-2-5-14(13)12-16/h7-8,12,15,17H,1-6,9-11H2/t15-/m0/s1. The number of hydrogen-bond acceptors (Lipinski definition) is 3. The number of rotatable bonds is 5. The number of nitrogens with one attached hydrogen (secondary N) is 1. The van der Waals surface area contributed by atoms with Crippen LogP contribution in [0.4, 0.5) is 0 Å². The Morgan fingerprint density at radius 1 is 1.14 bits per heavy atom. The second kappa shape index (κ2) is 6.46. The van der Waals surface area contributed by atoms with Crippen LogP contribution in [0.25, 0.3) is 0 Å². The maximum atomic E-state index is 12.3. The van der Waals surface area contributed by atoms with E-state index in [0.29, 0.717) is 11.4 Å². The monoisotopic (exact) mass is 309 g/mol. The zero-order chi connectivity index (χ0) is 14.7. The molecule has 0 unspecified atom stereocenters. The van der Waals surface area contributed by atoms with Crippen LogP contribution in [0.2, 0.25) is 0 Å². The van der Waals surface area contributed by atoms with Crippen molar-refractivity contribution in [1.82, 2.24) is 4.72 Å². The van der Waals surface area contributed by atoms with E-state index in [1.807, 2.05) is 12.1 Å². The molecule has 21 heavy (non-hydrogen) atoms. The van der Waals surface area contributed by atoms with Crippen molar-refractivity contribution in [3.63, 3.8) is 0 Å². The van der Waals surface area contributed by atoms with E-state index in [1.54, 1.807) is 6.07 Å². The second-order valence-corrected chi connectivity index (χ2v) is 7.73. The summed E-state index contributed by atoms with van der Waals surface area (Å²) in [4.78, 5) is 0.399. The van der Waals surface area contributed by atoms with E-state index in [4.69, 9.17) is 4.74 Å². The number of sulfonamides is 1. The van der Waals surface area contributed by atoms with Crippen LogP contribution in [0.1, 0.15) is 43.2 Å². The normalized spacial score (nSPS) is 22.2. The van der Waals surface area contributed by atoms with E-state index in [9.17, 15) is 8.42 Å². The van der Waals surface area contributed by atoms with Gasteiger partial charge in [-0.15, -0.1) is 0 Å². The van der Waals surface area contributed by atoms with Gasteiger partial charge in [0, 0.05) is 13.2 Å². The van der Waals surface area contributed by atoms with Gasteiger partial charge in [-0.3, -0.25) is 0 Å². The van der Waals surface area contributed by atoms with E-state index in [2.05, 4.69) is 4.72 Å². The molecule has 4 nitrogen and oxygen atoms in total. The van der Waals surface area contributed by atoms with Crippen LogP contribution >= 0.6 is 0 Å². The van der Waals surface area contributed by atoms with Crippen molar-refractivity contribution in [2.45, 2.75) is 55.9 Å². The van der Waals surface area contributed by atoms with E-state index in [1.165, 1.54) is 17.5 Å². The van der Waals surface area contributed by atoms with Crippen molar-refractivity contribution in [3.8, 4) is 0 Å². The number of ether oxygens (including phenoxy) is 1. The fourth-order valence-electron chi connectivity index (χ4n) is 3.19. The van der Waals surface area contributed by atoms with Gasteiger partial charge in [-0.05, 0) is 68.2 Å². The SMILES string of the molecule is O=S(=O)(NCC[C@@H]1CCCO1)c1ccc2c(c1)CCCC2. The number of fused-ring (bicyclic) bond motifs is 1. The number of benzene rings is 1. The molecular formula is C16H23NO3S. The molecule has 3 rings (SSSR count). The van der Waals surface area contributed by atoms with Gasteiger partial charge in [0.1, 0.15) is 0 Å². The van der Waals surface area contributed by atoms with Gasteiger partial charge in [0.05, 0.1) is 11.0 Å². The van der Waals surface area contributed by atoms with Gasteiger partial charge in [-0.2, -0.15) is 0 Å². The van der Waals surface area contributed by atoms with Crippen molar-refractivity contribution in [2.24, 2.45) is 0 Å². The predicted octanol–water partition coefficient (Wildman–Crippen LogP) is 2.41. The highest BCUT2D eigenvalue weighted by molar-refractivity contribution is 7.89. The summed E-state index contributed by atoms with van der Waals surface area (Å²) in [5.41, 5.74) is 2.50. The quantitative estimate of drug-likeness (QED) is 0.909. The minimum absolute atomic E-state index is 0.219. The minimum Gasteiger partial charge on any atom is -0.378 e. The fraction of sp³-hybridized carbons (Fsp3) is 0.625. The molecule has 1 heterocycles. The Morgan fingerprint density at radius 2 is 1.95 bits per heavy atom. The summed E-state index contributed by atoms with van der Waals surface area (Å²) in [6.07, 6.45) is 7.53. The average Bonchev–Trinajstić information content (AvgIpc) is 3.00. The smallest absolute Gasteiger partial charge is 0.240 e. The first-order chi connectivity index (χ1) is 10.1. The van der Waals surface area contributed by atoms with Crippen molar-refractivity contribution >= 4 is 10.0 Å². The van der Waals surface area contributed by atoms with Gasteiger partial charge >= 0.3 is 0 Å². The lowest BCUT2D eigenvalue weighted by Crippen LogP contribution is -2.27. The lowest BCUT2D eigenvalue weighted by atomic mass is 9.92. The Labute approximate surface area is 126 Å². The van der Waals surface area contributed by atoms with Gasteiger partial charge < -0.3 is 4.74 Å². The molecule has 1 aromatic rings. The zero-order valence-corrected chi connectivity index (χ0v) is 13.1. The van der Waals surface area contributed by atoms with Crippen LogP contribution in [-0.2, 0) is 27.6 Å². The molecule has 1 aromatic carbocycles. The molecule has 0 saturated carbocycles. The Morgan fingerprint density at radius 3 is 2.71 bits per heavy atom. The summed E-state index contributed by atoms with van der Waals surface area (Å²) in [6, 6.07) is 5.56. The first-order valence-corrected chi connectivity index (χ1v) is 9.36. The molecule has 0 aromatic heterocycles. The predicted molar refractivity (Wildman–Crippen MR) is 81.9 cm³/mol. The summed E-state index contributed by atoms with van der Waals surface area (Å²) in [7, 11) is -3.39. The molecule has 0 radical (unpaired) electrons. The van der Waals surface area contributed by atoms with Crippen molar-refractivity contribution < 1.29 is 13.2 Å². The van der Waals surface area contributed by atoms with Crippen molar-refractivity contribution in [1.29, 1.82) is 0 Å². The minimum atomic E-state index is -3.39.